The highest BCUT2D eigenvalue weighted by Gasteiger charge is 2.45. The molecule has 0 amide bonds. The molecule has 5 heteroatoms. The van der Waals surface area contributed by atoms with Crippen molar-refractivity contribution in [3.8, 4) is 23.7 Å². The minimum absolute atomic E-state index is 0.00751. The molecule has 2 N–H and O–H groups in total. The third kappa shape index (κ3) is 6.38. The van der Waals surface area contributed by atoms with Gasteiger partial charge in [0.25, 0.3) is 0 Å². The van der Waals surface area contributed by atoms with Crippen molar-refractivity contribution >= 4 is 5.97 Å². The number of hydrogen-bond acceptors (Lipinski definition) is 5. The average Bonchev–Trinajstić information content (AvgIpc) is 3.19. The summed E-state index contributed by atoms with van der Waals surface area (Å²) in [6, 6.07) is 0. The summed E-state index contributed by atoms with van der Waals surface area (Å²) >= 11 is 0. The first-order valence-corrected chi connectivity index (χ1v) is 10.1. The van der Waals surface area contributed by atoms with Gasteiger partial charge in [-0.3, -0.25) is 0 Å². The van der Waals surface area contributed by atoms with Crippen LogP contribution in [0.5, 0.6) is 0 Å². The second kappa shape index (κ2) is 11.3. The van der Waals surface area contributed by atoms with E-state index in [0.29, 0.717) is 24.9 Å². The van der Waals surface area contributed by atoms with Gasteiger partial charge in [-0.1, -0.05) is 37.3 Å². The van der Waals surface area contributed by atoms with E-state index in [9.17, 15) is 15.0 Å². The van der Waals surface area contributed by atoms with E-state index in [1.807, 2.05) is 19.9 Å². The van der Waals surface area contributed by atoms with E-state index in [-0.39, 0.29) is 24.4 Å². The zero-order valence-electron chi connectivity index (χ0n) is 17.1. The molecule has 6 atom stereocenters. The fourth-order valence-corrected chi connectivity index (χ4v) is 4.00. The van der Waals surface area contributed by atoms with Crippen molar-refractivity contribution in [2.45, 2.75) is 58.2 Å². The third-order valence-electron chi connectivity index (χ3n) is 5.65. The lowest BCUT2D eigenvalue weighted by atomic mass is 9.91. The molecule has 0 aromatic rings. The van der Waals surface area contributed by atoms with Crippen LogP contribution in [0.3, 0.4) is 0 Å². The Hall–Kier alpha value is -1.79. The standard InChI is InChI=1S/C23H32O5/c1-4-5-6-7-16(2)21(24)9-8-19-20-13-17(12-18(20)14-22(19)25)10-11-28-15-23(26)27-3/h10,16,18-22,24-25H,4,7,11-15H2,1-3H3/b17-10+/t16-,18-,19+,20-,21+,22+/m0/s1. The number of ether oxygens (including phenoxy) is 2. The molecule has 2 fully saturated rings. The molecule has 0 aliphatic heterocycles. The molecule has 0 unspecified atom stereocenters. The summed E-state index contributed by atoms with van der Waals surface area (Å²) in [6.07, 6.45) is 4.89. The number of fused-ring (bicyclic) bond motifs is 1. The fraction of sp³-hybridized carbons (Fsp3) is 0.696. The third-order valence-corrected chi connectivity index (χ3v) is 5.65. The summed E-state index contributed by atoms with van der Waals surface area (Å²) in [5, 5.41) is 20.7. The van der Waals surface area contributed by atoms with Gasteiger partial charge in [-0.05, 0) is 31.1 Å². The van der Waals surface area contributed by atoms with Crippen molar-refractivity contribution in [3.63, 3.8) is 0 Å². The first kappa shape index (κ1) is 22.5. The predicted molar refractivity (Wildman–Crippen MR) is 107 cm³/mol. The van der Waals surface area contributed by atoms with E-state index in [1.165, 1.54) is 12.7 Å². The molecule has 0 spiro atoms. The first-order chi connectivity index (χ1) is 13.5. The Bertz CT molecular complexity index is 675. The lowest BCUT2D eigenvalue weighted by molar-refractivity contribution is -0.145. The van der Waals surface area contributed by atoms with Gasteiger partial charge in [-0.2, -0.15) is 0 Å². The number of aliphatic hydroxyl groups is 2. The van der Waals surface area contributed by atoms with Gasteiger partial charge >= 0.3 is 5.97 Å². The number of carbonyl (C=O) groups is 1. The lowest BCUT2D eigenvalue weighted by Gasteiger charge is -2.16. The summed E-state index contributed by atoms with van der Waals surface area (Å²) in [5.74, 6) is 12.4. The molecule has 0 saturated heterocycles. The molecule has 0 bridgehead atoms. The summed E-state index contributed by atoms with van der Waals surface area (Å²) in [5.41, 5.74) is 1.29. The highest BCUT2D eigenvalue weighted by atomic mass is 16.6. The van der Waals surface area contributed by atoms with Gasteiger partial charge in [-0.15, -0.1) is 11.8 Å². The van der Waals surface area contributed by atoms with Gasteiger partial charge in [0.15, 0.2) is 0 Å². The molecule has 0 radical (unpaired) electrons. The summed E-state index contributed by atoms with van der Waals surface area (Å²) in [7, 11) is 1.34. The highest BCUT2D eigenvalue weighted by Crippen LogP contribution is 2.49. The maximum absolute atomic E-state index is 11.1. The Labute approximate surface area is 168 Å². The lowest BCUT2D eigenvalue weighted by Crippen LogP contribution is -2.19. The molecule has 2 rings (SSSR count). The van der Waals surface area contributed by atoms with E-state index in [4.69, 9.17) is 4.74 Å². The Morgan fingerprint density at radius 3 is 2.86 bits per heavy atom. The maximum atomic E-state index is 11.1. The van der Waals surface area contributed by atoms with E-state index < -0.39 is 12.2 Å². The molecule has 0 aromatic carbocycles. The predicted octanol–water partition coefficient (Wildman–Crippen LogP) is 2.31. The SMILES string of the molecule is CCC#CC[C@H](C)[C@H](O)C#C[C@@H]1[C@H]2C/C(=C/COCC(=O)OC)C[C@H]2C[C@H]1O. The van der Waals surface area contributed by atoms with Crippen LogP contribution >= 0.6 is 0 Å². The van der Waals surface area contributed by atoms with Crippen LogP contribution in [0.4, 0.5) is 0 Å². The van der Waals surface area contributed by atoms with Gasteiger partial charge in [-0.25, -0.2) is 4.79 Å². The average molecular weight is 389 g/mol. The molecular formula is C23H32O5. The molecule has 0 aromatic heterocycles. The molecule has 0 heterocycles. The maximum Gasteiger partial charge on any atom is 0.331 e. The molecule has 2 saturated carbocycles. The number of carbonyl (C=O) groups excluding carboxylic acids is 1. The largest absolute Gasteiger partial charge is 0.467 e. The number of hydrogen-bond donors (Lipinski definition) is 2. The van der Waals surface area contributed by atoms with E-state index in [1.54, 1.807) is 0 Å². The van der Waals surface area contributed by atoms with Crippen molar-refractivity contribution in [3.05, 3.63) is 11.6 Å². The van der Waals surface area contributed by atoms with Crippen molar-refractivity contribution in [1.82, 2.24) is 0 Å². The zero-order chi connectivity index (χ0) is 20.5. The fourth-order valence-electron chi connectivity index (χ4n) is 4.00. The Balaban J connectivity index is 1.89. The molecule has 2 aliphatic carbocycles. The number of methoxy groups -OCH3 is 1. The van der Waals surface area contributed by atoms with Crippen LogP contribution in [-0.4, -0.2) is 48.7 Å². The van der Waals surface area contributed by atoms with Crippen LogP contribution in [0, 0.1) is 47.4 Å². The monoisotopic (exact) mass is 388 g/mol. The molecule has 2 aliphatic rings. The summed E-state index contributed by atoms with van der Waals surface area (Å²) < 4.78 is 9.84. The smallest absolute Gasteiger partial charge is 0.331 e. The van der Waals surface area contributed by atoms with Crippen molar-refractivity contribution < 1.29 is 24.5 Å². The van der Waals surface area contributed by atoms with E-state index >= 15 is 0 Å². The van der Waals surface area contributed by atoms with Crippen molar-refractivity contribution in [2.24, 2.45) is 23.7 Å². The first-order valence-electron chi connectivity index (χ1n) is 10.1. The Kier molecular flexibility index (Phi) is 9.06. The van der Waals surface area contributed by atoms with Gasteiger partial charge in [0.05, 0.1) is 19.8 Å². The second-order valence-corrected chi connectivity index (χ2v) is 7.74. The summed E-state index contributed by atoms with van der Waals surface area (Å²) in [4.78, 5) is 11.1. The zero-order valence-corrected chi connectivity index (χ0v) is 17.1. The van der Waals surface area contributed by atoms with Crippen molar-refractivity contribution in [2.75, 3.05) is 20.3 Å². The number of esters is 1. The highest BCUT2D eigenvalue weighted by molar-refractivity contribution is 5.70. The molecule has 28 heavy (non-hydrogen) atoms. The topological polar surface area (TPSA) is 76.0 Å². The molecule has 154 valence electrons. The molecular weight excluding hydrogens is 356 g/mol. The summed E-state index contributed by atoms with van der Waals surface area (Å²) in [6.45, 7) is 4.29. The van der Waals surface area contributed by atoms with Gasteiger partial charge in [0, 0.05) is 24.7 Å². The van der Waals surface area contributed by atoms with E-state index in [0.717, 1.165) is 25.7 Å². The Morgan fingerprint density at radius 1 is 1.36 bits per heavy atom. The molecule has 5 nitrogen and oxygen atoms in total. The van der Waals surface area contributed by atoms with Crippen LogP contribution in [0.15, 0.2) is 11.6 Å². The van der Waals surface area contributed by atoms with Crippen LogP contribution in [0.25, 0.3) is 0 Å². The van der Waals surface area contributed by atoms with Crippen LogP contribution in [0.2, 0.25) is 0 Å². The van der Waals surface area contributed by atoms with Crippen LogP contribution in [0.1, 0.15) is 46.0 Å². The van der Waals surface area contributed by atoms with Gasteiger partial charge < -0.3 is 19.7 Å². The van der Waals surface area contributed by atoms with Gasteiger partial charge in [0.2, 0.25) is 0 Å². The number of rotatable bonds is 6. The van der Waals surface area contributed by atoms with E-state index in [2.05, 4.69) is 28.4 Å². The van der Waals surface area contributed by atoms with Crippen LogP contribution in [-0.2, 0) is 14.3 Å². The van der Waals surface area contributed by atoms with Crippen LogP contribution < -0.4 is 0 Å². The van der Waals surface area contributed by atoms with Gasteiger partial charge in [0.1, 0.15) is 12.7 Å². The normalized spacial score (nSPS) is 29.2. The minimum atomic E-state index is -0.722. The number of allylic oxidation sites excluding steroid dienone is 1. The minimum Gasteiger partial charge on any atom is -0.467 e. The second-order valence-electron chi connectivity index (χ2n) is 7.74. The number of aliphatic hydroxyl groups excluding tert-OH is 2. The quantitative estimate of drug-likeness (QED) is 0.316. The van der Waals surface area contributed by atoms with Crippen molar-refractivity contribution in [1.29, 1.82) is 0 Å². The Morgan fingerprint density at radius 2 is 2.14 bits per heavy atom.